The van der Waals surface area contributed by atoms with Crippen molar-refractivity contribution >= 4 is 52.5 Å². The summed E-state index contributed by atoms with van der Waals surface area (Å²) in [5.74, 6) is 0.736. The fourth-order valence-electron chi connectivity index (χ4n) is 4.28. The van der Waals surface area contributed by atoms with E-state index >= 15 is 0 Å². The number of halogens is 3. The number of benzene rings is 3. The normalized spacial score (nSPS) is 19.6. The lowest BCUT2D eigenvalue weighted by molar-refractivity contribution is -0.245. The van der Waals surface area contributed by atoms with Crippen LogP contribution in [0.2, 0.25) is 0 Å². The Balaban J connectivity index is 1.48. The predicted octanol–water partition coefficient (Wildman–Crippen LogP) is 6.10. The Hall–Kier alpha value is -1.81. The third-order valence-corrected chi connectivity index (χ3v) is 7.90. The summed E-state index contributed by atoms with van der Waals surface area (Å²) in [7, 11) is 0. The van der Waals surface area contributed by atoms with Crippen LogP contribution in [-0.4, -0.2) is 44.1 Å². The maximum atomic E-state index is 11.9. The van der Waals surface area contributed by atoms with Gasteiger partial charge in [-0.25, -0.2) is 0 Å². The number of hydrogen-bond acceptors (Lipinski definition) is 6. The summed E-state index contributed by atoms with van der Waals surface area (Å²) in [6.07, 6.45) is -0.0383. The molecule has 0 saturated carbocycles. The summed E-state index contributed by atoms with van der Waals surface area (Å²) in [6.45, 7) is 0.362. The summed E-state index contributed by atoms with van der Waals surface area (Å²) < 4.78 is 10.7. The predicted molar refractivity (Wildman–Crippen MR) is 157 cm³/mol. The molecule has 0 bridgehead atoms. The molecule has 0 radical (unpaired) electrons. The van der Waals surface area contributed by atoms with Crippen molar-refractivity contribution in [3.63, 3.8) is 0 Å². The molecule has 208 valence electrons. The van der Waals surface area contributed by atoms with Crippen molar-refractivity contribution in [1.29, 1.82) is 0 Å². The van der Waals surface area contributed by atoms with Crippen molar-refractivity contribution in [2.45, 2.75) is 41.9 Å². The molecular formula is C29H30Cl3NO5S. The number of carbonyl (C=O) groups excluding carboxylic acids is 1. The number of hydrogen-bond donors (Lipinski definition) is 3. The molecule has 39 heavy (non-hydrogen) atoms. The maximum absolute atomic E-state index is 11.9. The molecule has 1 aliphatic heterocycles. The van der Waals surface area contributed by atoms with Crippen LogP contribution in [0, 0.1) is 0 Å². The van der Waals surface area contributed by atoms with Crippen molar-refractivity contribution < 1.29 is 24.5 Å². The highest BCUT2D eigenvalue weighted by Gasteiger charge is 2.32. The second kappa shape index (κ2) is 14.2. The first-order valence-electron chi connectivity index (χ1n) is 12.5. The minimum atomic E-state index is -2.00. The molecule has 1 heterocycles. The fraction of sp³-hybridized carbons (Fsp3) is 0.345. The highest BCUT2D eigenvalue weighted by Crippen LogP contribution is 2.39. The topological polar surface area (TPSA) is 88.0 Å². The number of rotatable bonds is 10. The molecule has 10 heteroatoms. The van der Waals surface area contributed by atoms with Gasteiger partial charge < -0.3 is 25.0 Å². The van der Waals surface area contributed by atoms with Crippen molar-refractivity contribution in [2.24, 2.45) is 0 Å². The van der Waals surface area contributed by atoms with Gasteiger partial charge in [-0.1, -0.05) is 102 Å². The van der Waals surface area contributed by atoms with Crippen LogP contribution in [0.3, 0.4) is 0 Å². The second-order valence-corrected chi connectivity index (χ2v) is 12.6. The van der Waals surface area contributed by atoms with Gasteiger partial charge >= 0.3 is 0 Å². The molecule has 0 aliphatic carbocycles. The van der Waals surface area contributed by atoms with Crippen molar-refractivity contribution in [1.82, 2.24) is 5.32 Å². The zero-order valence-corrected chi connectivity index (χ0v) is 24.1. The van der Waals surface area contributed by atoms with E-state index in [-0.39, 0.29) is 32.0 Å². The van der Waals surface area contributed by atoms with Crippen LogP contribution in [0.25, 0.3) is 11.1 Å². The van der Waals surface area contributed by atoms with E-state index in [0.717, 1.165) is 39.1 Å². The van der Waals surface area contributed by atoms with Crippen molar-refractivity contribution in [3.8, 4) is 11.1 Å². The highest BCUT2D eigenvalue weighted by molar-refractivity contribution is 7.99. The van der Waals surface area contributed by atoms with E-state index < -0.39 is 16.0 Å². The third-order valence-electron chi connectivity index (χ3n) is 6.31. The Morgan fingerprint density at radius 3 is 2.31 bits per heavy atom. The summed E-state index contributed by atoms with van der Waals surface area (Å²) in [5.41, 5.74) is 5.64. The average molecular weight is 611 g/mol. The Bertz CT molecular complexity index is 1220. The van der Waals surface area contributed by atoms with E-state index in [1.807, 2.05) is 72.8 Å². The summed E-state index contributed by atoms with van der Waals surface area (Å²) in [6, 6.07) is 23.6. The number of ether oxygens (including phenoxy) is 2. The van der Waals surface area contributed by atoms with E-state index in [2.05, 4.69) is 5.32 Å². The Labute approximate surface area is 247 Å². The number of carbonyl (C=O) groups is 1. The van der Waals surface area contributed by atoms with Gasteiger partial charge in [0.15, 0.2) is 6.29 Å². The van der Waals surface area contributed by atoms with Gasteiger partial charge in [0.25, 0.3) is 9.70 Å². The quantitative estimate of drug-likeness (QED) is 0.190. The Morgan fingerprint density at radius 1 is 0.923 bits per heavy atom. The molecule has 0 aromatic heterocycles. The van der Waals surface area contributed by atoms with E-state index in [1.165, 1.54) is 0 Å². The van der Waals surface area contributed by atoms with Crippen molar-refractivity contribution in [2.75, 3.05) is 18.1 Å². The third kappa shape index (κ3) is 8.59. The van der Waals surface area contributed by atoms with E-state index in [9.17, 15) is 15.0 Å². The molecule has 1 saturated heterocycles. The largest absolute Gasteiger partial charge is 0.396 e. The van der Waals surface area contributed by atoms with Crippen molar-refractivity contribution in [3.05, 3.63) is 95.1 Å². The number of alkyl halides is 3. The SMILES string of the molecule is O=C(NCc1cccc(-c2ccc(C3OC(CSCCO)CC(c4ccc(CO)cc4)O3)cc2)c1)C(Cl)(Cl)Cl. The fourth-order valence-corrected chi connectivity index (χ4v) is 5.25. The number of nitrogens with one attached hydrogen (secondary N) is 1. The van der Waals surface area contributed by atoms with E-state index in [4.69, 9.17) is 44.3 Å². The maximum Gasteiger partial charge on any atom is 0.272 e. The lowest BCUT2D eigenvalue weighted by atomic mass is 9.99. The first kappa shape index (κ1) is 30.2. The smallest absolute Gasteiger partial charge is 0.272 e. The first-order valence-corrected chi connectivity index (χ1v) is 14.8. The standard InChI is InChI=1S/C29H30Cl3NO5S/c30-29(31,32)28(36)33-16-20-2-1-3-24(14-20)21-8-10-23(11-9-21)27-37-25(18-39-13-12-34)15-26(38-27)22-6-4-19(17-35)5-7-22/h1-11,14,25-27,34-35H,12-13,15-18H2,(H,33,36). The first-order chi connectivity index (χ1) is 18.8. The van der Waals surface area contributed by atoms with Gasteiger partial charge in [0, 0.05) is 30.0 Å². The molecule has 3 atom stereocenters. The summed E-state index contributed by atoms with van der Waals surface area (Å²) in [4.78, 5) is 11.9. The molecule has 1 aliphatic rings. The molecule has 1 amide bonds. The second-order valence-electron chi connectivity index (χ2n) is 9.15. The minimum Gasteiger partial charge on any atom is -0.396 e. The molecule has 3 aromatic carbocycles. The molecule has 1 fully saturated rings. The number of thioether (sulfide) groups is 1. The van der Waals surface area contributed by atoms with Crippen LogP contribution in [0.1, 0.15) is 41.1 Å². The number of aliphatic hydroxyl groups is 2. The van der Waals surface area contributed by atoms with Crippen LogP contribution in [-0.2, 0) is 27.4 Å². The van der Waals surface area contributed by atoms with E-state index in [1.54, 1.807) is 11.8 Å². The van der Waals surface area contributed by atoms with Crippen LogP contribution in [0.5, 0.6) is 0 Å². The molecule has 3 unspecified atom stereocenters. The molecule has 6 nitrogen and oxygen atoms in total. The van der Waals surface area contributed by atoms with Crippen LogP contribution in [0.15, 0.2) is 72.8 Å². The van der Waals surface area contributed by atoms with Gasteiger partial charge in [0.05, 0.1) is 25.4 Å². The van der Waals surface area contributed by atoms with Crippen LogP contribution < -0.4 is 5.32 Å². The summed E-state index contributed by atoms with van der Waals surface area (Å²) >= 11 is 18.5. The minimum absolute atomic E-state index is 0.00316. The molecule has 3 N–H and O–H groups in total. The van der Waals surface area contributed by atoms with Gasteiger partial charge in [-0.2, -0.15) is 11.8 Å². The van der Waals surface area contributed by atoms with Gasteiger partial charge in [-0.05, 0) is 33.9 Å². The number of aliphatic hydroxyl groups excluding tert-OH is 2. The molecule has 4 rings (SSSR count). The summed E-state index contributed by atoms with van der Waals surface area (Å²) in [5, 5.41) is 21.2. The lowest BCUT2D eigenvalue weighted by Crippen LogP contribution is -2.33. The van der Waals surface area contributed by atoms with Crippen LogP contribution >= 0.6 is 46.6 Å². The molecule has 0 spiro atoms. The average Bonchev–Trinajstić information content (AvgIpc) is 2.95. The zero-order valence-electron chi connectivity index (χ0n) is 21.1. The Morgan fingerprint density at radius 2 is 1.64 bits per heavy atom. The molecular weight excluding hydrogens is 581 g/mol. The van der Waals surface area contributed by atoms with Gasteiger partial charge in [0.1, 0.15) is 0 Å². The van der Waals surface area contributed by atoms with Crippen LogP contribution in [0.4, 0.5) is 0 Å². The van der Waals surface area contributed by atoms with Gasteiger partial charge in [0.2, 0.25) is 0 Å². The highest BCUT2D eigenvalue weighted by atomic mass is 35.6. The van der Waals surface area contributed by atoms with Gasteiger partial charge in [-0.15, -0.1) is 0 Å². The molecule has 3 aromatic rings. The Kier molecular flexibility index (Phi) is 11.0. The lowest BCUT2D eigenvalue weighted by Gasteiger charge is -2.36. The monoisotopic (exact) mass is 609 g/mol. The number of amides is 1. The van der Waals surface area contributed by atoms with E-state index in [0.29, 0.717) is 12.2 Å². The van der Waals surface area contributed by atoms with Gasteiger partial charge in [-0.3, -0.25) is 4.79 Å². The zero-order chi connectivity index (χ0) is 27.8.